The number of aromatic nitrogens is 2. The lowest BCUT2D eigenvalue weighted by atomic mass is 10.2. The third kappa shape index (κ3) is 4.12. The molecule has 0 unspecified atom stereocenters. The zero-order valence-electron chi connectivity index (χ0n) is 15.0. The van der Waals surface area contributed by atoms with Crippen LogP contribution in [0.15, 0.2) is 28.4 Å². The van der Waals surface area contributed by atoms with E-state index in [1.54, 1.807) is 0 Å². The molecule has 2 aliphatic heterocycles. The SMILES string of the molecule is CCC(CC)Sc1nc2cc(Cl)c(N3CC4=C(CNC4)C3)cc2[nH]1.Cl.Cl. The molecule has 0 radical (unpaired) electrons. The average Bonchev–Trinajstić information content (AvgIpc) is 3.25. The maximum atomic E-state index is 6.57. The molecule has 0 fully saturated rings. The Balaban J connectivity index is 0.00000121. The van der Waals surface area contributed by atoms with E-state index in [4.69, 9.17) is 16.6 Å². The molecule has 2 aliphatic rings. The molecule has 0 atom stereocenters. The lowest BCUT2D eigenvalue weighted by Crippen LogP contribution is -2.26. The molecule has 4 nitrogen and oxygen atoms in total. The van der Waals surface area contributed by atoms with Crippen molar-refractivity contribution in [2.45, 2.75) is 37.1 Å². The third-order valence-electron chi connectivity index (χ3n) is 5.00. The van der Waals surface area contributed by atoms with Crippen LogP contribution in [0.2, 0.25) is 5.02 Å². The van der Waals surface area contributed by atoms with Crippen LogP contribution >= 0.6 is 48.2 Å². The fourth-order valence-corrected chi connectivity index (χ4v) is 4.79. The second-order valence-electron chi connectivity index (χ2n) is 6.59. The van der Waals surface area contributed by atoms with Gasteiger partial charge in [-0.25, -0.2) is 4.98 Å². The number of aromatic amines is 1. The Morgan fingerprint density at radius 3 is 2.42 bits per heavy atom. The van der Waals surface area contributed by atoms with Gasteiger partial charge in [0, 0.05) is 31.4 Å². The standard InChI is InChI=1S/C18H23ClN4S.2ClH/c1-3-13(4-2)24-18-21-15-5-14(19)17(6-16(15)22-18)23-9-11-7-20-8-12(11)10-23;;/h5-6,13,20H,3-4,7-10H2,1-2H3,(H,21,22);2*1H. The molecular formula is C18H25Cl3N4S. The first-order chi connectivity index (χ1) is 11.7. The van der Waals surface area contributed by atoms with E-state index in [0.29, 0.717) is 5.25 Å². The summed E-state index contributed by atoms with van der Waals surface area (Å²) in [6.07, 6.45) is 2.31. The predicted molar refractivity (Wildman–Crippen MR) is 118 cm³/mol. The minimum absolute atomic E-state index is 0. The van der Waals surface area contributed by atoms with E-state index >= 15 is 0 Å². The lowest BCUT2D eigenvalue weighted by Gasteiger charge is -2.21. The van der Waals surface area contributed by atoms with E-state index in [1.807, 2.05) is 17.8 Å². The maximum absolute atomic E-state index is 6.57. The number of thioether (sulfide) groups is 1. The summed E-state index contributed by atoms with van der Waals surface area (Å²) >= 11 is 8.41. The first-order valence-electron chi connectivity index (χ1n) is 8.69. The van der Waals surface area contributed by atoms with Crippen molar-refractivity contribution in [3.63, 3.8) is 0 Å². The number of benzene rings is 1. The van der Waals surface area contributed by atoms with Crippen molar-refractivity contribution >= 4 is 64.9 Å². The highest BCUT2D eigenvalue weighted by atomic mass is 35.5. The summed E-state index contributed by atoms with van der Waals surface area (Å²) in [5, 5.41) is 5.82. The molecule has 26 heavy (non-hydrogen) atoms. The number of hydrogen-bond acceptors (Lipinski definition) is 4. The fourth-order valence-electron chi connectivity index (χ4n) is 3.54. The molecule has 1 aromatic carbocycles. The molecular weight excluding hydrogens is 411 g/mol. The lowest BCUT2D eigenvalue weighted by molar-refractivity contribution is 0.788. The molecule has 0 saturated heterocycles. The summed E-state index contributed by atoms with van der Waals surface area (Å²) in [7, 11) is 0. The number of H-pyrrole nitrogens is 1. The van der Waals surface area contributed by atoms with Crippen molar-refractivity contribution in [1.82, 2.24) is 15.3 Å². The van der Waals surface area contributed by atoms with Crippen molar-refractivity contribution in [2.75, 3.05) is 31.1 Å². The number of halogens is 3. The van der Waals surface area contributed by atoms with Crippen molar-refractivity contribution in [3.8, 4) is 0 Å². The number of rotatable bonds is 5. The van der Waals surface area contributed by atoms with Gasteiger partial charge in [-0.1, -0.05) is 37.2 Å². The molecule has 0 saturated carbocycles. The van der Waals surface area contributed by atoms with Crippen LogP contribution in [-0.2, 0) is 0 Å². The summed E-state index contributed by atoms with van der Waals surface area (Å²) < 4.78 is 0. The Bertz CT molecular complexity index is 785. The molecule has 2 N–H and O–H groups in total. The maximum Gasteiger partial charge on any atom is 0.166 e. The molecule has 1 aromatic heterocycles. The number of imidazole rings is 1. The van der Waals surface area contributed by atoms with Crippen LogP contribution in [0, 0.1) is 0 Å². The highest BCUT2D eigenvalue weighted by molar-refractivity contribution is 7.99. The molecule has 4 rings (SSSR count). The number of nitrogens with zero attached hydrogens (tertiary/aromatic N) is 2. The highest BCUT2D eigenvalue weighted by Crippen LogP contribution is 2.35. The van der Waals surface area contributed by atoms with Crippen molar-refractivity contribution in [3.05, 3.63) is 28.3 Å². The van der Waals surface area contributed by atoms with E-state index in [2.05, 4.69) is 35.1 Å². The van der Waals surface area contributed by atoms with Crippen LogP contribution in [0.25, 0.3) is 11.0 Å². The van der Waals surface area contributed by atoms with Gasteiger partial charge in [0.25, 0.3) is 0 Å². The number of fused-ring (bicyclic) bond motifs is 1. The van der Waals surface area contributed by atoms with Gasteiger partial charge in [0.1, 0.15) is 0 Å². The summed E-state index contributed by atoms with van der Waals surface area (Å²) in [4.78, 5) is 10.6. The van der Waals surface area contributed by atoms with Gasteiger partial charge in [0.2, 0.25) is 0 Å². The van der Waals surface area contributed by atoms with Crippen LogP contribution in [-0.4, -0.2) is 41.4 Å². The molecule has 0 spiro atoms. The zero-order chi connectivity index (χ0) is 16.7. The second kappa shape index (κ2) is 9.07. The van der Waals surface area contributed by atoms with E-state index < -0.39 is 0 Å². The smallest absolute Gasteiger partial charge is 0.166 e. The predicted octanol–water partition coefficient (Wildman–Crippen LogP) is 5.06. The van der Waals surface area contributed by atoms with E-state index in [1.165, 1.54) is 11.1 Å². The molecule has 144 valence electrons. The van der Waals surface area contributed by atoms with Crippen molar-refractivity contribution < 1.29 is 0 Å². The third-order valence-corrected chi connectivity index (χ3v) is 6.72. The summed E-state index contributed by atoms with van der Waals surface area (Å²) in [5.74, 6) is 0. The Kier molecular flexibility index (Phi) is 7.57. The number of hydrogen-bond donors (Lipinski definition) is 2. The average molecular weight is 436 g/mol. The summed E-state index contributed by atoms with van der Waals surface area (Å²) in [6, 6.07) is 4.17. The van der Waals surface area contributed by atoms with Crippen LogP contribution in [0.4, 0.5) is 5.69 Å². The zero-order valence-corrected chi connectivity index (χ0v) is 18.2. The monoisotopic (exact) mass is 434 g/mol. The second-order valence-corrected chi connectivity index (χ2v) is 8.28. The number of nitrogens with one attached hydrogen (secondary N) is 2. The van der Waals surface area contributed by atoms with E-state index in [0.717, 1.165) is 65.9 Å². The summed E-state index contributed by atoms with van der Waals surface area (Å²) in [5.41, 5.74) is 6.20. The van der Waals surface area contributed by atoms with Crippen LogP contribution in [0.5, 0.6) is 0 Å². The van der Waals surface area contributed by atoms with Crippen molar-refractivity contribution in [2.24, 2.45) is 0 Å². The Hall–Kier alpha value is -0.590. The fraction of sp³-hybridized carbons (Fsp3) is 0.500. The normalized spacial score (nSPS) is 16.2. The van der Waals surface area contributed by atoms with Gasteiger partial charge in [0.05, 0.1) is 21.7 Å². The van der Waals surface area contributed by atoms with Crippen LogP contribution < -0.4 is 10.2 Å². The minimum atomic E-state index is 0. The van der Waals surface area contributed by atoms with E-state index in [-0.39, 0.29) is 24.8 Å². The minimum Gasteiger partial charge on any atom is -0.362 e. The molecule has 8 heteroatoms. The van der Waals surface area contributed by atoms with Gasteiger partial charge < -0.3 is 15.2 Å². The first kappa shape index (κ1) is 21.7. The van der Waals surface area contributed by atoms with E-state index in [9.17, 15) is 0 Å². The van der Waals surface area contributed by atoms with Gasteiger partial charge in [-0.15, -0.1) is 24.8 Å². The first-order valence-corrected chi connectivity index (χ1v) is 9.95. The quantitative estimate of drug-likeness (QED) is 0.509. The Morgan fingerprint density at radius 2 is 1.81 bits per heavy atom. The topological polar surface area (TPSA) is 44.0 Å². The van der Waals surface area contributed by atoms with Gasteiger partial charge in [-0.2, -0.15) is 0 Å². The van der Waals surface area contributed by atoms with Crippen molar-refractivity contribution in [1.29, 1.82) is 0 Å². The Morgan fingerprint density at radius 1 is 1.15 bits per heavy atom. The van der Waals surface area contributed by atoms with Crippen LogP contribution in [0.1, 0.15) is 26.7 Å². The van der Waals surface area contributed by atoms with Crippen LogP contribution in [0.3, 0.4) is 0 Å². The molecule has 0 aliphatic carbocycles. The number of anilines is 1. The molecule has 0 amide bonds. The molecule has 0 bridgehead atoms. The molecule has 3 heterocycles. The highest BCUT2D eigenvalue weighted by Gasteiger charge is 2.27. The van der Waals surface area contributed by atoms with Gasteiger partial charge in [-0.05, 0) is 36.1 Å². The summed E-state index contributed by atoms with van der Waals surface area (Å²) in [6.45, 7) is 8.46. The van der Waals surface area contributed by atoms with Gasteiger partial charge in [0.15, 0.2) is 5.16 Å². The largest absolute Gasteiger partial charge is 0.362 e. The van der Waals surface area contributed by atoms with Gasteiger partial charge in [-0.3, -0.25) is 0 Å². The van der Waals surface area contributed by atoms with Gasteiger partial charge >= 0.3 is 0 Å². The Labute approximate surface area is 176 Å². The molecule has 2 aromatic rings.